The third kappa shape index (κ3) is 6.59. The van der Waals surface area contributed by atoms with Gasteiger partial charge in [0.25, 0.3) is 0 Å². The summed E-state index contributed by atoms with van der Waals surface area (Å²) in [6, 6.07) is 11.3. The molecule has 2 rings (SSSR count). The minimum absolute atomic E-state index is 0.158. The van der Waals surface area contributed by atoms with Crippen LogP contribution in [0.25, 0.3) is 0 Å². The van der Waals surface area contributed by atoms with Crippen molar-refractivity contribution >= 4 is 12.1 Å². The number of hydrogen-bond donors (Lipinski definition) is 0. The first-order valence-corrected chi connectivity index (χ1v) is 11.5. The Morgan fingerprint density at radius 2 is 1.56 bits per heavy atom. The first-order valence-electron chi connectivity index (χ1n) is 11.5. The summed E-state index contributed by atoms with van der Waals surface area (Å²) in [7, 11) is 0. The predicted molar refractivity (Wildman–Crippen MR) is 129 cm³/mol. The highest BCUT2D eigenvalue weighted by molar-refractivity contribution is 5.91. The summed E-state index contributed by atoms with van der Waals surface area (Å²) in [4.78, 5) is 27.1. The summed E-state index contributed by atoms with van der Waals surface area (Å²) in [6.07, 6.45) is 2.77. The minimum Gasteiger partial charge on any atom is -0.419 e. The average molecular weight is 440 g/mol. The maximum atomic E-state index is 12.9. The van der Waals surface area contributed by atoms with E-state index in [2.05, 4.69) is 27.7 Å². The number of nitrogens with zero attached hydrogens (tertiary/aromatic N) is 1. The second kappa shape index (κ2) is 11.2. The molecule has 5 nitrogen and oxygen atoms in total. The lowest BCUT2D eigenvalue weighted by Gasteiger charge is -2.24. The van der Waals surface area contributed by atoms with E-state index in [1.807, 2.05) is 39.0 Å². The molecule has 0 aliphatic carbocycles. The number of unbranched alkanes of at least 4 members (excludes halogenated alkanes) is 1. The summed E-state index contributed by atoms with van der Waals surface area (Å²) in [6.45, 7) is 15.1. The van der Waals surface area contributed by atoms with Crippen molar-refractivity contribution in [3.8, 4) is 11.5 Å². The number of amides is 1. The van der Waals surface area contributed by atoms with Gasteiger partial charge in [-0.3, -0.25) is 0 Å². The van der Waals surface area contributed by atoms with Gasteiger partial charge in [0, 0.05) is 13.1 Å². The SMILES string of the molecule is CCCCc1ccc(C(=O)Oc2cc(C(C)(C)C)cc(C)c2OC(=O)N(CC)CC)cc1. The molecule has 1 amide bonds. The fourth-order valence-electron chi connectivity index (χ4n) is 3.36. The number of carbonyl (C=O) groups is 2. The molecule has 0 aromatic heterocycles. The van der Waals surface area contributed by atoms with E-state index in [-0.39, 0.29) is 16.9 Å². The number of ether oxygens (including phenoxy) is 2. The van der Waals surface area contributed by atoms with Gasteiger partial charge in [0.1, 0.15) is 0 Å². The van der Waals surface area contributed by atoms with E-state index in [0.717, 1.165) is 30.4 Å². The molecule has 0 aliphatic rings. The zero-order valence-electron chi connectivity index (χ0n) is 20.6. The van der Waals surface area contributed by atoms with Crippen LogP contribution in [0.4, 0.5) is 4.79 Å². The van der Waals surface area contributed by atoms with Crippen LogP contribution in [-0.2, 0) is 11.8 Å². The highest BCUT2D eigenvalue weighted by atomic mass is 16.6. The van der Waals surface area contributed by atoms with Gasteiger partial charge in [0.2, 0.25) is 0 Å². The van der Waals surface area contributed by atoms with Gasteiger partial charge in [0.05, 0.1) is 5.56 Å². The Bertz CT molecular complexity index is 922. The van der Waals surface area contributed by atoms with Gasteiger partial charge >= 0.3 is 12.1 Å². The van der Waals surface area contributed by atoms with E-state index in [1.54, 1.807) is 23.1 Å². The van der Waals surface area contributed by atoms with Gasteiger partial charge in [-0.2, -0.15) is 0 Å². The second-order valence-corrected chi connectivity index (χ2v) is 9.10. The Hall–Kier alpha value is -2.82. The molecular formula is C27H37NO4. The van der Waals surface area contributed by atoms with Crippen LogP contribution in [0.2, 0.25) is 0 Å². The van der Waals surface area contributed by atoms with Crippen LogP contribution in [0.5, 0.6) is 11.5 Å². The molecule has 0 heterocycles. The molecule has 0 fully saturated rings. The van der Waals surface area contributed by atoms with E-state index in [4.69, 9.17) is 9.47 Å². The lowest BCUT2D eigenvalue weighted by Crippen LogP contribution is -2.33. The predicted octanol–water partition coefficient (Wildman–Crippen LogP) is 6.69. The number of hydrogen-bond acceptors (Lipinski definition) is 4. The van der Waals surface area contributed by atoms with Crippen LogP contribution in [0.3, 0.4) is 0 Å². The number of carbonyl (C=O) groups excluding carboxylic acids is 2. The normalized spacial score (nSPS) is 11.2. The van der Waals surface area contributed by atoms with Crippen LogP contribution in [-0.4, -0.2) is 30.1 Å². The molecule has 32 heavy (non-hydrogen) atoms. The maximum Gasteiger partial charge on any atom is 0.415 e. The molecule has 2 aromatic rings. The van der Waals surface area contributed by atoms with E-state index in [0.29, 0.717) is 18.7 Å². The Balaban J connectivity index is 2.37. The van der Waals surface area contributed by atoms with Crippen LogP contribution in [0, 0.1) is 6.92 Å². The Morgan fingerprint density at radius 1 is 0.938 bits per heavy atom. The van der Waals surface area contributed by atoms with Crippen molar-refractivity contribution in [2.75, 3.05) is 13.1 Å². The van der Waals surface area contributed by atoms with Gasteiger partial charge in [-0.15, -0.1) is 0 Å². The van der Waals surface area contributed by atoms with Crippen molar-refractivity contribution in [2.45, 2.75) is 73.1 Å². The number of rotatable bonds is 8. The van der Waals surface area contributed by atoms with Crippen LogP contribution in [0.15, 0.2) is 36.4 Å². The monoisotopic (exact) mass is 439 g/mol. The molecule has 0 unspecified atom stereocenters. The lowest BCUT2D eigenvalue weighted by atomic mass is 9.86. The molecule has 5 heteroatoms. The maximum absolute atomic E-state index is 12.9. The molecule has 0 atom stereocenters. The summed E-state index contributed by atoms with van der Waals surface area (Å²) in [5.41, 5.74) is 3.24. The molecule has 0 bridgehead atoms. The van der Waals surface area contributed by atoms with Crippen molar-refractivity contribution in [2.24, 2.45) is 0 Å². The molecule has 0 radical (unpaired) electrons. The van der Waals surface area contributed by atoms with E-state index in [1.165, 1.54) is 5.56 Å². The van der Waals surface area contributed by atoms with Crippen molar-refractivity contribution < 1.29 is 19.1 Å². The van der Waals surface area contributed by atoms with Crippen molar-refractivity contribution in [3.63, 3.8) is 0 Å². The van der Waals surface area contributed by atoms with Crippen molar-refractivity contribution in [3.05, 3.63) is 58.7 Å². The fraction of sp³-hybridized carbons (Fsp3) is 0.481. The first-order chi connectivity index (χ1) is 15.1. The molecule has 0 N–H and O–H groups in total. The summed E-state index contributed by atoms with van der Waals surface area (Å²) in [5, 5.41) is 0. The summed E-state index contributed by atoms with van der Waals surface area (Å²) in [5.74, 6) is 0.0657. The van der Waals surface area contributed by atoms with Gasteiger partial charge in [-0.1, -0.05) is 52.3 Å². The third-order valence-electron chi connectivity index (χ3n) is 5.53. The Morgan fingerprint density at radius 3 is 2.09 bits per heavy atom. The molecule has 0 spiro atoms. The average Bonchev–Trinajstić information content (AvgIpc) is 2.74. The zero-order chi connectivity index (χ0) is 23.9. The van der Waals surface area contributed by atoms with Crippen LogP contribution in [0.1, 0.15) is 81.4 Å². The van der Waals surface area contributed by atoms with Crippen LogP contribution < -0.4 is 9.47 Å². The largest absolute Gasteiger partial charge is 0.419 e. The highest BCUT2D eigenvalue weighted by Crippen LogP contribution is 2.37. The molecule has 0 aliphatic heterocycles. The molecule has 0 saturated carbocycles. The first kappa shape index (κ1) is 25.4. The smallest absolute Gasteiger partial charge is 0.415 e. The van der Waals surface area contributed by atoms with E-state index < -0.39 is 12.1 Å². The van der Waals surface area contributed by atoms with Crippen LogP contribution >= 0.6 is 0 Å². The van der Waals surface area contributed by atoms with Crippen molar-refractivity contribution in [1.82, 2.24) is 4.90 Å². The fourth-order valence-corrected chi connectivity index (χ4v) is 3.36. The quantitative estimate of drug-likeness (QED) is 0.339. The number of benzene rings is 2. The van der Waals surface area contributed by atoms with E-state index >= 15 is 0 Å². The molecule has 174 valence electrons. The van der Waals surface area contributed by atoms with Crippen molar-refractivity contribution in [1.29, 1.82) is 0 Å². The standard InChI is InChI=1S/C27H37NO4/c1-8-11-12-20-13-15-21(16-14-20)25(29)31-23-18-22(27(5,6)7)17-19(4)24(23)32-26(30)28(9-2)10-3/h13-18H,8-12H2,1-7H3. The summed E-state index contributed by atoms with van der Waals surface area (Å²) >= 11 is 0. The second-order valence-electron chi connectivity index (χ2n) is 9.10. The van der Waals surface area contributed by atoms with Gasteiger partial charge < -0.3 is 14.4 Å². The van der Waals surface area contributed by atoms with E-state index in [9.17, 15) is 9.59 Å². The minimum atomic E-state index is -0.474. The van der Waals surface area contributed by atoms with Gasteiger partial charge in [0.15, 0.2) is 11.5 Å². The molecule has 2 aromatic carbocycles. The Labute approximate surface area is 192 Å². The lowest BCUT2D eigenvalue weighted by molar-refractivity contribution is 0.0726. The topological polar surface area (TPSA) is 55.8 Å². The number of aryl methyl sites for hydroxylation is 2. The molecular weight excluding hydrogens is 402 g/mol. The number of esters is 1. The zero-order valence-corrected chi connectivity index (χ0v) is 20.6. The summed E-state index contributed by atoms with van der Waals surface area (Å²) < 4.78 is 11.5. The van der Waals surface area contributed by atoms with Gasteiger partial charge in [-0.25, -0.2) is 9.59 Å². The van der Waals surface area contributed by atoms with Gasteiger partial charge in [-0.05, 0) is 73.9 Å². The molecule has 0 saturated heterocycles. The Kier molecular flexibility index (Phi) is 8.88. The third-order valence-corrected chi connectivity index (χ3v) is 5.53. The highest BCUT2D eigenvalue weighted by Gasteiger charge is 2.24.